The molecule has 0 aromatic carbocycles. The number of nitrogens with two attached hydrogens (primary N) is 1. The minimum Gasteiger partial charge on any atom is -0.369 e. The molecule has 2 amide bonds. The van der Waals surface area contributed by atoms with Crippen molar-refractivity contribution in [2.24, 2.45) is 5.73 Å². The number of rotatable bonds is 5. The van der Waals surface area contributed by atoms with E-state index in [9.17, 15) is 9.59 Å². The van der Waals surface area contributed by atoms with Crippen LogP contribution in [0.4, 0.5) is 0 Å². The van der Waals surface area contributed by atoms with Crippen LogP contribution in [0.5, 0.6) is 0 Å². The maximum Gasteiger partial charge on any atom is 0.231 e. The Morgan fingerprint density at radius 3 is 2.58 bits per heavy atom. The molecule has 0 bridgehead atoms. The summed E-state index contributed by atoms with van der Waals surface area (Å²) in [5, 5.41) is 4.11. The number of piperazine rings is 1. The standard InChI is InChI=1S/C13H19N3O2S/c14-12(17)9-15-4-6-16(7-5-15)13(18)2-1-11-3-8-19-10-11/h3,8,10H,1-2,4-7,9H2,(H2,14,17). The maximum absolute atomic E-state index is 12.0. The van der Waals surface area contributed by atoms with Gasteiger partial charge in [-0.05, 0) is 28.8 Å². The number of amides is 2. The molecule has 2 N–H and O–H groups in total. The minimum atomic E-state index is -0.308. The third kappa shape index (κ3) is 4.33. The van der Waals surface area contributed by atoms with Gasteiger partial charge in [0, 0.05) is 32.6 Å². The monoisotopic (exact) mass is 281 g/mol. The molecule has 1 aliphatic heterocycles. The second kappa shape index (κ2) is 6.68. The van der Waals surface area contributed by atoms with Crippen LogP contribution >= 0.6 is 11.3 Å². The highest BCUT2D eigenvalue weighted by Gasteiger charge is 2.21. The molecule has 5 nitrogen and oxygen atoms in total. The molecule has 0 spiro atoms. The zero-order valence-electron chi connectivity index (χ0n) is 10.9. The molecule has 0 aliphatic carbocycles. The summed E-state index contributed by atoms with van der Waals surface area (Å²) >= 11 is 1.66. The smallest absolute Gasteiger partial charge is 0.231 e. The Morgan fingerprint density at radius 2 is 2.00 bits per heavy atom. The van der Waals surface area contributed by atoms with Crippen molar-refractivity contribution in [2.45, 2.75) is 12.8 Å². The molecule has 1 aromatic rings. The summed E-state index contributed by atoms with van der Waals surface area (Å²) in [6, 6.07) is 2.06. The number of carbonyl (C=O) groups excluding carboxylic acids is 2. The number of nitrogens with zero attached hydrogens (tertiary/aromatic N) is 2. The fraction of sp³-hybridized carbons (Fsp3) is 0.538. The maximum atomic E-state index is 12.0. The first-order chi connectivity index (χ1) is 9.15. The summed E-state index contributed by atoms with van der Waals surface area (Å²) in [5.74, 6) is -0.109. The van der Waals surface area contributed by atoms with Gasteiger partial charge in [0.05, 0.1) is 6.54 Å². The van der Waals surface area contributed by atoms with Crippen molar-refractivity contribution in [3.63, 3.8) is 0 Å². The number of aryl methyl sites for hydroxylation is 1. The molecule has 0 saturated carbocycles. The molecule has 19 heavy (non-hydrogen) atoms. The van der Waals surface area contributed by atoms with Crippen molar-refractivity contribution in [2.75, 3.05) is 32.7 Å². The van der Waals surface area contributed by atoms with Gasteiger partial charge in [-0.3, -0.25) is 14.5 Å². The molecule has 2 heterocycles. The molecule has 1 saturated heterocycles. The van der Waals surface area contributed by atoms with Crippen LogP contribution in [0, 0.1) is 0 Å². The molecule has 0 atom stereocenters. The van der Waals surface area contributed by atoms with Crippen LogP contribution in [0.25, 0.3) is 0 Å². The predicted octanol–water partition coefficient (Wildman–Crippen LogP) is 0.310. The van der Waals surface area contributed by atoms with Crippen molar-refractivity contribution in [1.82, 2.24) is 9.80 Å². The van der Waals surface area contributed by atoms with Gasteiger partial charge in [-0.1, -0.05) is 0 Å². The summed E-state index contributed by atoms with van der Waals surface area (Å²) in [7, 11) is 0. The average Bonchev–Trinajstić information content (AvgIpc) is 2.89. The van der Waals surface area contributed by atoms with E-state index in [4.69, 9.17) is 5.73 Å². The fourth-order valence-corrected chi connectivity index (χ4v) is 2.92. The Hall–Kier alpha value is -1.40. The van der Waals surface area contributed by atoms with Crippen molar-refractivity contribution in [1.29, 1.82) is 0 Å². The predicted molar refractivity (Wildman–Crippen MR) is 74.9 cm³/mol. The SMILES string of the molecule is NC(=O)CN1CCN(C(=O)CCc2ccsc2)CC1. The lowest BCUT2D eigenvalue weighted by molar-refractivity contribution is -0.133. The number of hydrogen-bond acceptors (Lipinski definition) is 4. The minimum absolute atomic E-state index is 0.199. The summed E-state index contributed by atoms with van der Waals surface area (Å²) in [5.41, 5.74) is 6.39. The van der Waals surface area contributed by atoms with Gasteiger partial charge in [-0.15, -0.1) is 0 Å². The molecule has 0 radical (unpaired) electrons. The zero-order valence-corrected chi connectivity index (χ0v) is 11.7. The first-order valence-corrected chi connectivity index (χ1v) is 7.39. The molecule has 6 heteroatoms. The van der Waals surface area contributed by atoms with E-state index >= 15 is 0 Å². The zero-order chi connectivity index (χ0) is 13.7. The van der Waals surface area contributed by atoms with Gasteiger partial charge in [0.25, 0.3) is 0 Å². The van der Waals surface area contributed by atoms with Crippen LogP contribution in [0.15, 0.2) is 16.8 Å². The Bertz CT molecular complexity index is 425. The van der Waals surface area contributed by atoms with E-state index in [-0.39, 0.29) is 18.4 Å². The summed E-state index contributed by atoms with van der Waals surface area (Å²) in [6.45, 7) is 3.13. The Balaban J connectivity index is 1.71. The molecule has 1 aliphatic rings. The van der Waals surface area contributed by atoms with E-state index < -0.39 is 0 Å². The third-order valence-corrected chi connectivity index (χ3v) is 4.04. The van der Waals surface area contributed by atoms with Gasteiger partial charge in [-0.2, -0.15) is 11.3 Å². The normalized spacial score (nSPS) is 16.5. The highest BCUT2D eigenvalue weighted by atomic mass is 32.1. The topological polar surface area (TPSA) is 66.6 Å². The van der Waals surface area contributed by atoms with Gasteiger partial charge in [0.15, 0.2) is 0 Å². The Labute approximate surface area is 117 Å². The Morgan fingerprint density at radius 1 is 1.26 bits per heavy atom. The number of primary amides is 1. The molecule has 104 valence electrons. The van der Waals surface area contributed by atoms with Crippen LogP contribution in [0.2, 0.25) is 0 Å². The molecule has 1 aromatic heterocycles. The first kappa shape index (κ1) is 14.0. The average molecular weight is 281 g/mol. The summed E-state index contributed by atoms with van der Waals surface area (Å²) in [6.07, 6.45) is 1.37. The van der Waals surface area contributed by atoms with Gasteiger partial charge in [-0.25, -0.2) is 0 Å². The van der Waals surface area contributed by atoms with E-state index in [1.807, 2.05) is 15.2 Å². The van der Waals surface area contributed by atoms with Gasteiger partial charge in [0.2, 0.25) is 11.8 Å². The Kier molecular flexibility index (Phi) is 4.93. The largest absolute Gasteiger partial charge is 0.369 e. The van der Waals surface area contributed by atoms with Crippen LogP contribution in [-0.4, -0.2) is 54.3 Å². The van der Waals surface area contributed by atoms with E-state index in [2.05, 4.69) is 11.4 Å². The number of carbonyl (C=O) groups is 2. The summed E-state index contributed by atoms with van der Waals surface area (Å²) < 4.78 is 0. The van der Waals surface area contributed by atoms with Crippen molar-refractivity contribution >= 4 is 23.2 Å². The fourth-order valence-electron chi connectivity index (χ4n) is 2.22. The molecule has 2 rings (SSSR count). The molecule has 1 fully saturated rings. The highest BCUT2D eigenvalue weighted by molar-refractivity contribution is 7.07. The van der Waals surface area contributed by atoms with E-state index in [1.165, 1.54) is 5.56 Å². The molecular formula is C13H19N3O2S. The van der Waals surface area contributed by atoms with Crippen molar-refractivity contribution in [3.05, 3.63) is 22.4 Å². The lowest BCUT2D eigenvalue weighted by Gasteiger charge is -2.34. The van der Waals surface area contributed by atoms with Crippen molar-refractivity contribution in [3.8, 4) is 0 Å². The lowest BCUT2D eigenvalue weighted by atomic mass is 10.1. The van der Waals surface area contributed by atoms with Gasteiger partial charge in [0.1, 0.15) is 0 Å². The lowest BCUT2D eigenvalue weighted by Crippen LogP contribution is -2.50. The number of thiophene rings is 1. The summed E-state index contributed by atoms with van der Waals surface area (Å²) in [4.78, 5) is 26.7. The quantitative estimate of drug-likeness (QED) is 0.844. The van der Waals surface area contributed by atoms with Crippen LogP contribution < -0.4 is 5.73 Å². The highest BCUT2D eigenvalue weighted by Crippen LogP contribution is 2.10. The van der Waals surface area contributed by atoms with Crippen LogP contribution in [0.3, 0.4) is 0 Å². The second-order valence-corrected chi connectivity index (χ2v) is 5.53. The first-order valence-electron chi connectivity index (χ1n) is 6.44. The van der Waals surface area contributed by atoms with Gasteiger partial charge >= 0.3 is 0 Å². The van der Waals surface area contributed by atoms with E-state index in [0.29, 0.717) is 19.5 Å². The van der Waals surface area contributed by atoms with E-state index in [0.717, 1.165) is 19.5 Å². The van der Waals surface area contributed by atoms with Crippen LogP contribution in [0.1, 0.15) is 12.0 Å². The van der Waals surface area contributed by atoms with Crippen molar-refractivity contribution < 1.29 is 9.59 Å². The molecule has 0 unspecified atom stereocenters. The third-order valence-electron chi connectivity index (χ3n) is 3.31. The van der Waals surface area contributed by atoms with Gasteiger partial charge < -0.3 is 10.6 Å². The van der Waals surface area contributed by atoms with E-state index in [1.54, 1.807) is 11.3 Å². The molecular weight excluding hydrogens is 262 g/mol. The number of hydrogen-bond donors (Lipinski definition) is 1. The van der Waals surface area contributed by atoms with Crippen LogP contribution in [-0.2, 0) is 16.0 Å². The second-order valence-electron chi connectivity index (χ2n) is 4.75.